The number of nitrogens with zero attached hydrogens (tertiary/aromatic N) is 4. The Hall–Kier alpha value is -2.82. The molecule has 2 heterocycles. The van der Waals surface area contributed by atoms with Crippen molar-refractivity contribution in [2.45, 2.75) is 11.4 Å². The van der Waals surface area contributed by atoms with Gasteiger partial charge in [-0.25, -0.2) is 17.8 Å². The molecule has 1 amide bonds. The molecule has 0 spiro atoms. The average Bonchev–Trinajstić information content (AvgIpc) is 2.76. The fraction of sp³-hybridized carbons (Fsp3) is 0.250. The maximum absolute atomic E-state index is 13.5. The highest BCUT2D eigenvalue weighted by Crippen LogP contribution is 2.25. The average molecular weight is 465 g/mol. The Balaban J connectivity index is 1.46. The predicted molar refractivity (Wildman–Crippen MR) is 113 cm³/mol. The molecule has 1 saturated heterocycles. The molecule has 1 aliphatic rings. The van der Waals surface area contributed by atoms with Gasteiger partial charge in [0.05, 0.1) is 22.3 Å². The minimum atomic E-state index is -3.77. The van der Waals surface area contributed by atoms with Gasteiger partial charge >= 0.3 is 0 Å². The van der Waals surface area contributed by atoms with E-state index in [0.29, 0.717) is 5.52 Å². The molecule has 0 aliphatic carbocycles. The van der Waals surface area contributed by atoms with E-state index >= 15 is 0 Å². The molecule has 0 bridgehead atoms. The number of sulfonamides is 1. The number of benzene rings is 2. The van der Waals surface area contributed by atoms with Gasteiger partial charge in [-0.05, 0) is 30.3 Å². The second-order valence-electron chi connectivity index (χ2n) is 7.05. The standard InChI is InChI=1S/C20H18ClFN4O4S/c21-16-3-1-2-4-18(16)31(29,30)26-9-7-24(8-10-26)19(27)12-25-13-23-17-6-5-14(22)11-15(17)20(25)28/h1-6,11,13H,7-10,12H2. The van der Waals surface area contributed by atoms with Crippen molar-refractivity contribution in [3.63, 3.8) is 0 Å². The minimum Gasteiger partial charge on any atom is -0.338 e. The summed E-state index contributed by atoms with van der Waals surface area (Å²) in [4.78, 5) is 30.8. The Labute approximate surface area is 182 Å². The number of piperazine rings is 1. The third-order valence-electron chi connectivity index (χ3n) is 5.14. The number of carbonyl (C=O) groups is 1. The number of carbonyl (C=O) groups excluding carboxylic acids is 1. The molecular weight excluding hydrogens is 447 g/mol. The van der Waals surface area contributed by atoms with Crippen LogP contribution in [0.15, 0.2) is 58.5 Å². The van der Waals surface area contributed by atoms with E-state index in [1.807, 2.05) is 0 Å². The lowest BCUT2D eigenvalue weighted by Crippen LogP contribution is -2.51. The van der Waals surface area contributed by atoms with Gasteiger partial charge in [0, 0.05) is 26.2 Å². The number of aromatic nitrogens is 2. The summed E-state index contributed by atoms with van der Waals surface area (Å²) in [5.74, 6) is -0.916. The molecule has 1 aromatic heterocycles. The minimum absolute atomic E-state index is 0.0254. The van der Waals surface area contributed by atoms with Crippen LogP contribution in [0.4, 0.5) is 4.39 Å². The highest BCUT2D eigenvalue weighted by Gasteiger charge is 2.31. The first kappa shape index (κ1) is 21.4. The second kappa shape index (κ2) is 8.37. The summed E-state index contributed by atoms with van der Waals surface area (Å²) >= 11 is 6.03. The van der Waals surface area contributed by atoms with E-state index in [1.54, 1.807) is 12.1 Å². The Morgan fingerprint density at radius 2 is 1.81 bits per heavy atom. The SMILES string of the molecule is O=C(Cn1cnc2ccc(F)cc2c1=O)N1CCN(S(=O)(=O)c2ccccc2Cl)CC1. The van der Waals surface area contributed by atoms with Crippen LogP contribution in [0, 0.1) is 5.82 Å². The highest BCUT2D eigenvalue weighted by molar-refractivity contribution is 7.89. The van der Waals surface area contributed by atoms with Gasteiger partial charge in [0.25, 0.3) is 5.56 Å². The quantitative estimate of drug-likeness (QED) is 0.586. The van der Waals surface area contributed by atoms with Crippen LogP contribution in [0.5, 0.6) is 0 Å². The van der Waals surface area contributed by atoms with Crippen LogP contribution in [-0.2, 0) is 21.4 Å². The molecule has 0 atom stereocenters. The normalized spacial score (nSPS) is 15.4. The maximum Gasteiger partial charge on any atom is 0.261 e. The Morgan fingerprint density at radius 1 is 1.10 bits per heavy atom. The number of fused-ring (bicyclic) bond motifs is 1. The molecule has 1 fully saturated rings. The van der Waals surface area contributed by atoms with Gasteiger partial charge in [-0.3, -0.25) is 14.2 Å². The molecule has 0 N–H and O–H groups in total. The Bertz CT molecular complexity index is 1320. The molecular formula is C20H18ClFN4O4S. The fourth-order valence-electron chi connectivity index (χ4n) is 3.46. The van der Waals surface area contributed by atoms with Crippen LogP contribution in [0.2, 0.25) is 5.02 Å². The van der Waals surface area contributed by atoms with E-state index < -0.39 is 21.4 Å². The van der Waals surface area contributed by atoms with Gasteiger partial charge in [-0.15, -0.1) is 0 Å². The van der Waals surface area contributed by atoms with Crippen LogP contribution in [-0.4, -0.2) is 59.3 Å². The third-order valence-corrected chi connectivity index (χ3v) is 7.54. The molecule has 1 aliphatic heterocycles. The zero-order chi connectivity index (χ0) is 22.2. The van der Waals surface area contributed by atoms with Crippen LogP contribution in [0.3, 0.4) is 0 Å². The van der Waals surface area contributed by atoms with Gasteiger partial charge in [-0.2, -0.15) is 4.31 Å². The van der Waals surface area contributed by atoms with Crippen molar-refractivity contribution in [1.82, 2.24) is 18.8 Å². The van der Waals surface area contributed by atoms with Crippen molar-refractivity contribution in [3.8, 4) is 0 Å². The van der Waals surface area contributed by atoms with Crippen molar-refractivity contribution in [1.29, 1.82) is 0 Å². The van der Waals surface area contributed by atoms with Gasteiger partial charge in [0.2, 0.25) is 15.9 Å². The number of rotatable bonds is 4. The molecule has 11 heteroatoms. The number of hydrogen-bond donors (Lipinski definition) is 0. The first-order valence-electron chi connectivity index (χ1n) is 9.44. The molecule has 2 aromatic carbocycles. The molecule has 3 aromatic rings. The van der Waals surface area contributed by atoms with Crippen molar-refractivity contribution < 1.29 is 17.6 Å². The van der Waals surface area contributed by atoms with Gasteiger partial charge in [0.15, 0.2) is 0 Å². The first-order chi connectivity index (χ1) is 14.8. The van der Waals surface area contributed by atoms with Gasteiger partial charge in [0.1, 0.15) is 17.3 Å². The molecule has 0 unspecified atom stereocenters. The topological polar surface area (TPSA) is 92.6 Å². The number of halogens is 2. The molecule has 31 heavy (non-hydrogen) atoms. The predicted octanol–water partition coefficient (Wildman–Crippen LogP) is 1.72. The molecule has 0 saturated carbocycles. The summed E-state index contributed by atoms with van der Waals surface area (Å²) in [7, 11) is -3.77. The largest absolute Gasteiger partial charge is 0.338 e. The van der Waals surface area contributed by atoms with E-state index in [9.17, 15) is 22.4 Å². The van der Waals surface area contributed by atoms with Crippen LogP contribution in [0.25, 0.3) is 10.9 Å². The third kappa shape index (κ3) is 4.18. The molecule has 0 radical (unpaired) electrons. The maximum atomic E-state index is 13.5. The van der Waals surface area contributed by atoms with Crippen molar-refractivity contribution >= 4 is 38.4 Å². The van der Waals surface area contributed by atoms with E-state index in [-0.39, 0.29) is 53.9 Å². The van der Waals surface area contributed by atoms with Crippen molar-refractivity contribution in [3.05, 3.63) is 70.0 Å². The lowest BCUT2D eigenvalue weighted by Gasteiger charge is -2.34. The summed E-state index contributed by atoms with van der Waals surface area (Å²) < 4.78 is 41.5. The fourth-order valence-corrected chi connectivity index (χ4v) is 5.38. The van der Waals surface area contributed by atoms with E-state index in [1.165, 1.54) is 39.8 Å². The highest BCUT2D eigenvalue weighted by atomic mass is 35.5. The summed E-state index contributed by atoms with van der Waals surface area (Å²) in [6.07, 6.45) is 1.25. The van der Waals surface area contributed by atoms with E-state index in [2.05, 4.69) is 4.98 Å². The zero-order valence-corrected chi connectivity index (χ0v) is 17.8. The molecule has 4 rings (SSSR count). The van der Waals surface area contributed by atoms with Crippen molar-refractivity contribution in [2.24, 2.45) is 0 Å². The van der Waals surface area contributed by atoms with Crippen LogP contribution in [0.1, 0.15) is 0 Å². The van der Waals surface area contributed by atoms with Crippen molar-refractivity contribution in [2.75, 3.05) is 26.2 Å². The Morgan fingerprint density at radius 3 is 2.52 bits per heavy atom. The monoisotopic (exact) mass is 464 g/mol. The van der Waals surface area contributed by atoms with Gasteiger partial charge < -0.3 is 4.90 Å². The lowest BCUT2D eigenvalue weighted by molar-refractivity contribution is -0.133. The smallest absolute Gasteiger partial charge is 0.261 e. The molecule has 162 valence electrons. The summed E-state index contributed by atoms with van der Waals surface area (Å²) in [6.45, 7) is 0.292. The van der Waals surface area contributed by atoms with E-state index in [4.69, 9.17) is 11.6 Å². The lowest BCUT2D eigenvalue weighted by atomic mass is 10.2. The summed E-state index contributed by atoms with van der Waals surface area (Å²) in [6, 6.07) is 9.89. The van der Waals surface area contributed by atoms with Gasteiger partial charge in [-0.1, -0.05) is 23.7 Å². The number of amides is 1. The first-order valence-corrected chi connectivity index (χ1v) is 11.3. The number of hydrogen-bond acceptors (Lipinski definition) is 5. The molecule has 8 nitrogen and oxygen atoms in total. The summed E-state index contributed by atoms with van der Waals surface area (Å²) in [5, 5.41) is 0.228. The Kier molecular flexibility index (Phi) is 5.78. The summed E-state index contributed by atoms with van der Waals surface area (Å²) in [5.41, 5.74) is -0.175. The second-order valence-corrected chi connectivity index (χ2v) is 9.37. The van der Waals surface area contributed by atoms with Crippen LogP contribution >= 0.6 is 11.6 Å². The zero-order valence-electron chi connectivity index (χ0n) is 16.2. The van der Waals surface area contributed by atoms with Crippen LogP contribution < -0.4 is 5.56 Å². The van der Waals surface area contributed by atoms with E-state index in [0.717, 1.165) is 10.6 Å².